The molecule has 0 saturated carbocycles. The normalized spacial score (nSPS) is 24.6. The van der Waals surface area contributed by atoms with Crippen LogP contribution in [0.25, 0.3) is 0 Å². The van der Waals surface area contributed by atoms with Gasteiger partial charge in [-0.1, -0.05) is 19.1 Å². The van der Waals surface area contributed by atoms with Crippen LogP contribution in [0.5, 0.6) is 0 Å². The summed E-state index contributed by atoms with van der Waals surface area (Å²) < 4.78 is 5.38. The van der Waals surface area contributed by atoms with Crippen LogP contribution < -0.4 is 5.73 Å². The fourth-order valence-electron chi connectivity index (χ4n) is 3.21. The maximum atomic E-state index is 12.9. The number of ether oxygens (including phenoxy) is 1. The molecule has 2 heterocycles. The smallest absolute Gasteiger partial charge is 0.235 e. The molecule has 0 bridgehead atoms. The van der Waals surface area contributed by atoms with Gasteiger partial charge in [-0.3, -0.25) is 9.69 Å². The number of nitrogens with zero attached hydrogens (tertiary/aromatic N) is 2. The van der Waals surface area contributed by atoms with Crippen molar-refractivity contribution in [3.05, 3.63) is 0 Å². The topological polar surface area (TPSA) is 58.8 Å². The Morgan fingerprint density at radius 1 is 1.29 bits per heavy atom. The van der Waals surface area contributed by atoms with Crippen molar-refractivity contribution in [2.24, 2.45) is 11.1 Å². The van der Waals surface area contributed by atoms with E-state index in [4.69, 9.17) is 22.7 Å². The van der Waals surface area contributed by atoms with Gasteiger partial charge in [0.25, 0.3) is 0 Å². The van der Waals surface area contributed by atoms with Gasteiger partial charge in [0, 0.05) is 45.4 Å². The Morgan fingerprint density at radius 2 is 1.86 bits per heavy atom. The number of hydrogen-bond acceptors (Lipinski definition) is 4. The lowest BCUT2D eigenvalue weighted by Crippen LogP contribution is -2.58. The van der Waals surface area contributed by atoms with Crippen molar-refractivity contribution in [1.29, 1.82) is 0 Å². The first-order chi connectivity index (χ1) is 10.0. The maximum absolute atomic E-state index is 12.9. The Kier molecular flexibility index (Phi) is 5.57. The van der Waals surface area contributed by atoms with E-state index in [0.29, 0.717) is 37.1 Å². The van der Waals surface area contributed by atoms with Crippen LogP contribution in [-0.2, 0) is 9.53 Å². The Bertz CT molecular complexity index is 388. The summed E-state index contributed by atoms with van der Waals surface area (Å²) in [5.74, 6) is 0.113. The molecule has 2 N–H and O–H groups in total. The van der Waals surface area contributed by atoms with Crippen molar-refractivity contribution in [1.82, 2.24) is 9.80 Å². The zero-order valence-corrected chi connectivity index (χ0v) is 14.0. The predicted octanol–water partition coefficient (Wildman–Crippen LogP) is 1.01. The number of rotatable bonds is 4. The summed E-state index contributed by atoms with van der Waals surface area (Å²) in [6.45, 7) is 8.99. The number of amides is 1. The van der Waals surface area contributed by atoms with Gasteiger partial charge in [-0.15, -0.1) is 0 Å². The highest BCUT2D eigenvalue weighted by Crippen LogP contribution is 2.33. The molecule has 0 aromatic heterocycles. The van der Waals surface area contributed by atoms with Crippen molar-refractivity contribution < 1.29 is 9.53 Å². The quantitative estimate of drug-likeness (QED) is 0.785. The van der Waals surface area contributed by atoms with Gasteiger partial charge >= 0.3 is 0 Å². The molecule has 2 aliphatic rings. The summed E-state index contributed by atoms with van der Waals surface area (Å²) in [4.78, 5) is 17.7. The predicted molar refractivity (Wildman–Crippen MR) is 87.2 cm³/mol. The number of piperazine rings is 1. The molecule has 2 rings (SSSR count). The second-order valence-electron chi connectivity index (χ2n) is 6.14. The van der Waals surface area contributed by atoms with Gasteiger partial charge in [0.2, 0.25) is 5.91 Å². The van der Waals surface area contributed by atoms with E-state index in [9.17, 15) is 4.79 Å². The lowest BCUT2D eigenvalue weighted by Gasteiger charge is -2.43. The van der Waals surface area contributed by atoms with Crippen LogP contribution in [-0.4, -0.2) is 66.1 Å². The minimum Gasteiger partial charge on any atom is -0.392 e. The fraction of sp³-hybridized carbons (Fsp3) is 0.867. The van der Waals surface area contributed by atoms with E-state index in [1.54, 1.807) is 0 Å². The Labute approximate surface area is 132 Å². The van der Waals surface area contributed by atoms with Gasteiger partial charge in [-0.25, -0.2) is 0 Å². The summed E-state index contributed by atoms with van der Waals surface area (Å²) in [6, 6.07) is 0.579. The monoisotopic (exact) mass is 313 g/mol. The average Bonchev–Trinajstić information content (AvgIpc) is 2.54. The molecule has 0 aliphatic carbocycles. The average molecular weight is 313 g/mol. The molecule has 5 nitrogen and oxygen atoms in total. The maximum Gasteiger partial charge on any atom is 0.235 e. The van der Waals surface area contributed by atoms with Crippen molar-refractivity contribution in [2.45, 2.75) is 39.2 Å². The minimum absolute atomic E-state index is 0.113. The van der Waals surface area contributed by atoms with Gasteiger partial charge < -0.3 is 15.4 Å². The molecule has 1 atom stereocenters. The molecule has 0 radical (unpaired) electrons. The molecule has 1 amide bonds. The first-order valence-corrected chi connectivity index (χ1v) is 8.33. The molecular formula is C15H27N3O2S. The van der Waals surface area contributed by atoms with Gasteiger partial charge in [0.15, 0.2) is 0 Å². The second kappa shape index (κ2) is 7.03. The van der Waals surface area contributed by atoms with Gasteiger partial charge in [0.05, 0.1) is 4.99 Å². The summed E-state index contributed by atoms with van der Waals surface area (Å²) in [5.41, 5.74) is 5.25. The number of nitrogens with two attached hydrogens (primary N) is 1. The van der Waals surface area contributed by atoms with Crippen LogP contribution >= 0.6 is 12.2 Å². The Hall–Kier alpha value is -0.720. The van der Waals surface area contributed by atoms with Crippen LogP contribution in [0.15, 0.2) is 0 Å². The highest BCUT2D eigenvalue weighted by Gasteiger charge is 2.45. The number of thiocarbonyl (C=S) groups is 1. The Balaban J connectivity index is 2.01. The van der Waals surface area contributed by atoms with E-state index in [1.807, 2.05) is 4.90 Å². The molecule has 120 valence electrons. The number of hydrogen-bond donors (Lipinski definition) is 1. The lowest BCUT2D eigenvalue weighted by atomic mass is 9.78. The van der Waals surface area contributed by atoms with E-state index in [2.05, 4.69) is 18.7 Å². The highest BCUT2D eigenvalue weighted by atomic mass is 32.1. The fourth-order valence-corrected chi connectivity index (χ4v) is 3.50. The molecule has 6 heteroatoms. The van der Waals surface area contributed by atoms with Crippen LogP contribution in [0.4, 0.5) is 0 Å². The third kappa shape index (κ3) is 3.38. The molecule has 0 spiro atoms. The largest absolute Gasteiger partial charge is 0.392 e. The lowest BCUT2D eigenvalue weighted by molar-refractivity contribution is -0.144. The summed E-state index contributed by atoms with van der Waals surface area (Å²) in [5, 5.41) is 0. The van der Waals surface area contributed by atoms with E-state index in [-0.39, 0.29) is 5.91 Å². The van der Waals surface area contributed by atoms with Crippen molar-refractivity contribution >= 4 is 23.1 Å². The molecule has 21 heavy (non-hydrogen) atoms. The number of carbonyl (C=O) groups is 1. The Morgan fingerprint density at radius 3 is 2.33 bits per heavy atom. The first kappa shape index (κ1) is 16.6. The summed E-state index contributed by atoms with van der Waals surface area (Å²) in [6.07, 6.45) is 2.38. The third-order valence-electron chi connectivity index (χ3n) is 5.04. The van der Waals surface area contributed by atoms with Crippen LogP contribution in [0.1, 0.15) is 33.1 Å². The van der Waals surface area contributed by atoms with Gasteiger partial charge in [-0.05, 0) is 26.2 Å². The molecule has 0 aromatic rings. The molecule has 0 aromatic carbocycles. The van der Waals surface area contributed by atoms with E-state index >= 15 is 0 Å². The first-order valence-electron chi connectivity index (χ1n) is 7.92. The zero-order valence-electron chi connectivity index (χ0n) is 13.1. The second-order valence-corrected chi connectivity index (χ2v) is 6.58. The van der Waals surface area contributed by atoms with Crippen molar-refractivity contribution in [2.75, 3.05) is 39.4 Å². The molecule has 2 aliphatic heterocycles. The molecule has 2 saturated heterocycles. The molecule has 1 unspecified atom stereocenters. The van der Waals surface area contributed by atoms with Gasteiger partial charge in [-0.2, -0.15) is 0 Å². The SMILES string of the molecule is CCC(C)N1CCN(C(=O)C2(C(N)=S)CCOCC2)CC1. The highest BCUT2D eigenvalue weighted by molar-refractivity contribution is 7.80. The zero-order chi connectivity index (χ0) is 15.5. The van der Waals surface area contributed by atoms with Gasteiger partial charge in [0.1, 0.15) is 5.41 Å². The third-order valence-corrected chi connectivity index (χ3v) is 5.43. The van der Waals surface area contributed by atoms with Crippen molar-refractivity contribution in [3.8, 4) is 0 Å². The van der Waals surface area contributed by atoms with Crippen LogP contribution in [0, 0.1) is 5.41 Å². The number of carbonyl (C=O) groups excluding carboxylic acids is 1. The van der Waals surface area contributed by atoms with E-state index in [1.165, 1.54) is 0 Å². The molecular weight excluding hydrogens is 286 g/mol. The molecule has 2 fully saturated rings. The van der Waals surface area contributed by atoms with E-state index in [0.717, 1.165) is 32.6 Å². The van der Waals surface area contributed by atoms with Crippen molar-refractivity contribution in [3.63, 3.8) is 0 Å². The van der Waals surface area contributed by atoms with Crippen LogP contribution in [0.2, 0.25) is 0 Å². The standard InChI is InChI=1S/C15H27N3O2S/c1-3-12(2)17-6-8-18(9-7-17)14(19)15(13(16)21)4-10-20-11-5-15/h12H,3-11H2,1-2H3,(H2,16,21). The summed E-state index contributed by atoms with van der Waals surface area (Å²) in [7, 11) is 0. The van der Waals surface area contributed by atoms with Crippen LogP contribution in [0.3, 0.4) is 0 Å². The van der Waals surface area contributed by atoms with E-state index < -0.39 is 5.41 Å². The summed E-state index contributed by atoms with van der Waals surface area (Å²) >= 11 is 5.22. The minimum atomic E-state index is -0.674.